The van der Waals surface area contributed by atoms with Crippen molar-refractivity contribution < 1.29 is 0 Å². The standard InChI is InChI=1S/C15H25NS/c1-12(2)11-17-14-8-6-7-13(9-14)10-16-15(3,4)5/h6-9,12,16H,10-11H2,1-5H3. The first kappa shape index (κ1) is 14.6. The average Bonchev–Trinajstić information content (AvgIpc) is 2.23. The Morgan fingerprint density at radius 3 is 2.53 bits per heavy atom. The highest BCUT2D eigenvalue weighted by molar-refractivity contribution is 7.99. The van der Waals surface area contributed by atoms with Crippen molar-refractivity contribution in [3.63, 3.8) is 0 Å². The third-order valence-electron chi connectivity index (χ3n) is 2.30. The normalized spacial score (nSPS) is 12.1. The molecule has 0 aliphatic carbocycles. The van der Waals surface area contributed by atoms with Gasteiger partial charge in [-0.3, -0.25) is 0 Å². The van der Waals surface area contributed by atoms with Crippen LogP contribution in [0, 0.1) is 5.92 Å². The van der Waals surface area contributed by atoms with Gasteiger partial charge in [-0.05, 0) is 44.4 Å². The van der Waals surface area contributed by atoms with Gasteiger partial charge >= 0.3 is 0 Å². The van der Waals surface area contributed by atoms with Crippen molar-refractivity contribution in [1.82, 2.24) is 5.32 Å². The van der Waals surface area contributed by atoms with Crippen LogP contribution in [0.5, 0.6) is 0 Å². The zero-order valence-corrected chi connectivity index (χ0v) is 12.5. The SMILES string of the molecule is CC(C)CSc1cccc(CNC(C)(C)C)c1. The lowest BCUT2D eigenvalue weighted by atomic mass is 10.1. The summed E-state index contributed by atoms with van der Waals surface area (Å²) in [6, 6.07) is 8.85. The number of thioether (sulfide) groups is 1. The molecule has 0 saturated heterocycles. The van der Waals surface area contributed by atoms with Gasteiger partial charge in [-0.2, -0.15) is 0 Å². The Bertz CT molecular complexity index is 339. The first-order chi connectivity index (χ1) is 7.87. The Labute approximate surface area is 110 Å². The molecule has 0 bridgehead atoms. The fourth-order valence-electron chi connectivity index (χ4n) is 1.38. The summed E-state index contributed by atoms with van der Waals surface area (Å²) >= 11 is 1.95. The highest BCUT2D eigenvalue weighted by Gasteiger charge is 2.08. The maximum atomic E-state index is 3.52. The Balaban J connectivity index is 2.54. The van der Waals surface area contributed by atoms with E-state index >= 15 is 0 Å². The van der Waals surface area contributed by atoms with Gasteiger partial charge in [0, 0.05) is 22.7 Å². The highest BCUT2D eigenvalue weighted by atomic mass is 32.2. The highest BCUT2D eigenvalue weighted by Crippen LogP contribution is 2.21. The first-order valence-electron chi connectivity index (χ1n) is 6.33. The minimum atomic E-state index is 0.182. The average molecular weight is 251 g/mol. The molecule has 1 rings (SSSR count). The van der Waals surface area contributed by atoms with Crippen LogP contribution in [-0.4, -0.2) is 11.3 Å². The molecule has 0 radical (unpaired) electrons. The molecule has 0 saturated carbocycles. The number of benzene rings is 1. The lowest BCUT2D eigenvalue weighted by Gasteiger charge is -2.20. The molecule has 0 spiro atoms. The van der Waals surface area contributed by atoms with Gasteiger partial charge in [0.1, 0.15) is 0 Å². The van der Waals surface area contributed by atoms with E-state index in [4.69, 9.17) is 0 Å². The number of rotatable bonds is 5. The quantitative estimate of drug-likeness (QED) is 0.782. The molecule has 0 aliphatic rings. The van der Waals surface area contributed by atoms with Crippen LogP contribution in [0.2, 0.25) is 0 Å². The van der Waals surface area contributed by atoms with Gasteiger partial charge in [0.05, 0.1) is 0 Å². The van der Waals surface area contributed by atoms with Gasteiger partial charge in [0.15, 0.2) is 0 Å². The second kappa shape index (κ2) is 6.46. The minimum absolute atomic E-state index is 0.182. The van der Waals surface area contributed by atoms with E-state index in [1.807, 2.05) is 11.8 Å². The lowest BCUT2D eigenvalue weighted by Crippen LogP contribution is -2.35. The van der Waals surface area contributed by atoms with Crippen LogP contribution in [0.15, 0.2) is 29.2 Å². The zero-order chi connectivity index (χ0) is 12.9. The van der Waals surface area contributed by atoms with Gasteiger partial charge in [0.25, 0.3) is 0 Å². The van der Waals surface area contributed by atoms with Crippen molar-refractivity contribution in [2.45, 2.75) is 51.6 Å². The monoisotopic (exact) mass is 251 g/mol. The molecule has 0 atom stereocenters. The molecule has 1 N–H and O–H groups in total. The summed E-state index contributed by atoms with van der Waals surface area (Å²) in [5.74, 6) is 1.94. The van der Waals surface area contributed by atoms with Gasteiger partial charge in [-0.15, -0.1) is 11.8 Å². The Kier molecular flexibility index (Phi) is 5.54. The molecule has 1 nitrogen and oxygen atoms in total. The molecule has 0 amide bonds. The van der Waals surface area contributed by atoms with E-state index in [0.717, 1.165) is 12.5 Å². The number of hydrogen-bond acceptors (Lipinski definition) is 2. The second-order valence-electron chi connectivity index (χ2n) is 5.96. The van der Waals surface area contributed by atoms with Crippen molar-refractivity contribution in [3.8, 4) is 0 Å². The smallest absolute Gasteiger partial charge is 0.0210 e. The summed E-state index contributed by atoms with van der Waals surface area (Å²) in [7, 11) is 0. The molecule has 0 heterocycles. The van der Waals surface area contributed by atoms with E-state index in [1.165, 1.54) is 16.2 Å². The molecule has 2 heteroatoms. The fourth-order valence-corrected chi connectivity index (χ4v) is 2.31. The Morgan fingerprint density at radius 1 is 1.24 bits per heavy atom. The molecular weight excluding hydrogens is 226 g/mol. The largest absolute Gasteiger partial charge is 0.308 e. The summed E-state index contributed by atoms with van der Waals surface area (Å²) in [5.41, 5.74) is 1.55. The van der Waals surface area contributed by atoms with E-state index in [9.17, 15) is 0 Å². The molecule has 17 heavy (non-hydrogen) atoms. The van der Waals surface area contributed by atoms with Crippen LogP contribution in [-0.2, 0) is 6.54 Å². The summed E-state index contributed by atoms with van der Waals surface area (Å²) in [6.45, 7) is 12.1. The fraction of sp³-hybridized carbons (Fsp3) is 0.600. The molecule has 0 aliphatic heterocycles. The maximum absolute atomic E-state index is 3.52. The minimum Gasteiger partial charge on any atom is -0.308 e. The number of hydrogen-bond donors (Lipinski definition) is 1. The van der Waals surface area contributed by atoms with Crippen molar-refractivity contribution in [2.75, 3.05) is 5.75 Å². The van der Waals surface area contributed by atoms with E-state index < -0.39 is 0 Å². The molecular formula is C15H25NS. The van der Waals surface area contributed by atoms with Crippen molar-refractivity contribution in [1.29, 1.82) is 0 Å². The maximum Gasteiger partial charge on any atom is 0.0210 e. The van der Waals surface area contributed by atoms with Gasteiger partial charge in [-0.1, -0.05) is 26.0 Å². The van der Waals surface area contributed by atoms with Gasteiger partial charge in [0.2, 0.25) is 0 Å². The van der Waals surface area contributed by atoms with E-state index in [0.29, 0.717) is 0 Å². The molecule has 96 valence electrons. The molecule has 0 unspecified atom stereocenters. The molecule has 0 aromatic heterocycles. The molecule has 1 aromatic carbocycles. The molecule has 0 fully saturated rings. The van der Waals surface area contributed by atoms with E-state index in [-0.39, 0.29) is 5.54 Å². The zero-order valence-electron chi connectivity index (χ0n) is 11.7. The van der Waals surface area contributed by atoms with Crippen molar-refractivity contribution in [3.05, 3.63) is 29.8 Å². The summed E-state index contributed by atoms with van der Waals surface area (Å²) in [5, 5.41) is 3.52. The van der Waals surface area contributed by atoms with E-state index in [2.05, 4.69) is 64.2 Å². The lowest BCUT2D eigenvalue weighted by molar-refractivity contribution is 0.424. The van der Waals surface area contributed by atoms with Crippen LogP contribution in [0.3, 0.4) is 0 Å². The van der Waals surface area contributed by atoms with Crippen LogP contribution >= 0.6 is 11.8 Å². The first-order valence-corrected chi connectivity index (χ1v) is 7.32. The van der Waals surface area contributed by atoms with Crippen molar-refractivity contribution in [2.24, 2.45) is 5.92 Å². The Morgan fingerprint density at radius 2 is 1.94 bits per heavy atom. The van der Waals surface area contributed by atoms with Crippen LogP contribution in [0.1, 0.15) is 40.2 Å². The van der Waals surface area contributed by atoms with Crippen molar-refractivity contribution >= 4 is 11.8 Å². The summed E-state index contributed by atoms with van der Waals surface area (Å²) in [4.78, 5) is 1.38. The third kappa shape index (κ3) is 6.75. The predicted octanol–water partition coefficient (Wildman–Crippen LogP) is 4.32. The van der Waals surface area contributed by atoms with Crippen LogP contribution < -0.4 is 5.32 Å². The molecule has 1 aromatic rings. The summed E-state index contributed by atoms with van der Waals surface area (Å²) < 4.78 is 0. The third-order valence-corrected chi connectivity index (χ3v) is 3.73. The van der Waals surface area contributed by atoms with Crippen LogP contribution in [0.4, 0.5) is 0 Å². The second-order valence-corrected chi connectivity index (χ2v) is 7.05. The Hall–Kier alpha value is -0.470. The van der Waals surface area contributed by atoms with E-state index in [1.54, 1.807) is 0 Å². The topological polar surface area (TPSA) is 12.0 Å². The number of nitrogens with one attached hydrogen (secondary N) is 1. The van der Waals surface area contributed by atoms with Crippen LogP contribution in [0.25, 0.3) is 0 Å². The van der Waals surface area contributed by atoms with Gasteiger partial charge < -0.3 is 5.32 Å². The predicted molar refractivity (Wildman–Crippen MR) is 78.6 cm³/mol. The summed E-state index contributed by atoms with van der Waals surface area (Å²) in [6.07, 6.45) is 0. The van der Waals surface area contributed by atoms with Gasteiger partial charge in [-0.25, -0.2) is 0 Å².